The molecule has 1 N–H and O–H groups in total. The molecule has 5 nitrogen and oxygen atoms in total. The Morgan fingerprint density at radius 3 is 2.16 bits per heavy atom. The Hall–Kier alpha value is -1.28. The third-order valence-corrected chi connectivity index (χ3v) is 2.91. The SMILES string of the molecule is CC.CC(C)(C)OC(=O)N1CCC(C#N)(CO)CC1. The van der Waals surface area contributed by atoms with E-state index in [0.717, 1.165) is 0 Å². The van der Waals surface area contributed by atoms with E-state index in [4.69, 9.17) is 10.00 Å². The van der Waals surface area contributed by atoms with Crippen molar-refractivity contribution in [3.63, 3.8) is 0 Å². The van der Waals surface area contributed by atoms with Gasteiger partial charge in [-0.2, -0.15) is 5.26 Å². The Bertz CT molecular complexity index is 321. The first-order chi connectivity index (χ1) is 8.82. The second kappa shape index (κ2) is 7.34. The molecule has 1 aliphatic rings. The van der Waals surface area contributed by atoms with Gasteiger partial charge in [-0.15, -0.1) is 0 Å². The highest BCUT2D eigenvalue weighted by Gasteiger charge is 2.36. The molecule has 0 bridgehead atoms. The van der Waals surface area contributed by atoms with Gasteiger partial charge in [-0.1, -0.05) is 13.8 Å². The number of amides is 1. The average molecular weight is 270 g/mol. The van der Waals surface area contributed by atoms with E-state index in [-0.39, 0.29) is 12.7 Å². The minimum Gasteiger partial charge on any atom is -0.444 e. The Morgan fingerprint density at radius 1 is 1.37 bits per heavy atom. The second-order valence-electron chi connectivity index (χ2n) is 5.52. The van der Waals surface area contributed by atoms with Crippen LogP contribution in [-0.4, -0.2) is 41.4 Å². The van der Waals surface area contributed by atoms with Crippen molar-refractivity contribution in [2.24, 2.45) is 5.41 Å². The van der Waals surface area contributed by atoms with Crippen molar-refractivity contribution >= 4 is 6.09 Å². The monoisotopic (exact) mass is 270 g/mol. The summed E-state index contributed by atoms with van der Waals surface area (Å²) in [6, 6.07) is 2.15. The number of aliphatic hydroxyl groups excluding tert-OH is 1. The number of nitriles is 1. The molecule has 0 saturated carbocycles. The molecule has 1 fully saturated rings. The van der Waals surface area contributed by atoms with Gasteiger partial charge in [-0.3, -0.25) is 0 Å². The fourth-order valence-electron chi connectivity index (χ4n) is 1.75. The van der Waals surface area contributed by atoms with Crippen molar-refractivity contribution in [2.75, 3.05) is 19.7 Å². The van der Waals surface area contributed by atoms with Crippen molar-refractivity contribution in [2.45, 2.75) is 53.1 Å². The number of ether oxygens (including phenoxy) is 1. The topological polar surface area (TPSA) is 73.6 Å². The first-order valence-electron chi connectivity index (χ1n) is 6.82. The Morgan fingerprint density at radius 2 is 1.84 bits per heavy atom. The van der Waals surface area contributed by atoms with Crippen molar-refractivity contribution in [3.05, 3.63) is 0 Å². The zero-order valence-electron chi connectivity index (χ0n) is 12.7. The summed E-state index contributed by atoms with van der Waals surface area (Å²) in [6.45, 7) is 10.2. The molecule has 0 aromatic carbocycles. The second-order valence-corrected chi connectivity index (χ2v) is 5.52. The van der Waals surface area contributed by atoms with Gasteiger partial charge in [0.1, 0.15) is 5.60 Å². The summed E-state index contributed by atoms with van der Waals surface area (Å²) in [4.78, 5) is 13.4. The first-order valence-corrected chi connectivity index (χ1v) is 6.82. The van der Waals surface area contributed by atoms with E-state index in [9.17, 15) is 9.90 Å². The zero-order valence-corrected chi connectivity index (χ0v) is 12.7. The van der Waals surface area contributed by atoms with Gasteiger partial charge in [-0.05, 0) is 33.6 Å². The fourth-order valence-corrected chi connectivity index (χ4v) is 1.75. The molecule has 0 radical (unpaired) electrons. The predicted molar refractivity (Wildman–Crippen MR) is 73.5 cm³/mol. The molecule has 110 valence electrons. The van der Waals surface area contributed by atoms with Gasteiger partial charge in [0, 0.05) is 13.1 Å². The standard InChI is InChI=1S/C12H20N2O3.C2H6/c1-11(2,3)17-10(16)14-6-4-12(8-13,9-15)5-7-14;1-2/h15H,4-7,9H2,1-3H3;1-2H3. The van der Waals surface area contributed by atoms with Gasteiger partial charge in [0.05, 0.1) is 18.1 Å². The minimum atomic E-state index is -0.682. The molecule has 0 atom stereocenters. The molecule has 0 aliphatic carbocycles. The summed E-state index contributed by atoms with van der Waals surface area (Å²) in [5.74, 6) is 0. The van der Waals surface area contributed by atoms with Crippen molar-refractivity contribution in [3.8, 4) is 6.07 Å². The van der Waals surface area contributed by atoms with Gasteiger partial charge < -0.3 is 14.7 Å². The Labute approximate surface area is 116 Å². The highest BCUT2D eigenvalue weighted by Crippen LogP contribution is 2.30. The van der Waals surface area contributed by atoms with E-state index in [1.807, 2.05) is 34.6 Å². The van der Waals surface area contributed by atoms with E-state index < -0.39 is 11.0 Å². The van der Waals surface area contributed by atoms with E-state index in [0.29, 0.717) is 25.9 Å². The van der Waals surface area contributed by atoms with Crippen molar-refractivity contribution in [1.29, 1.82) is 5.26 Å². The van der Waals surface area contributed by atoms with E-state index in [1.165, 1.54) is 0 Å². The van der Waals surface area contributed by atoms with Crippen LogP contribution in [0.5, 0.6) is 0 Å². The van der Waals surface area contributed by atoms with Crippen molar-refractivity contribution in [1.82, 2.24) is 4.90 Å². The third-order valence-electron chi connectivity index (χ3n) is 2.91. The molecule has 1 rings (SSSR count). The van der Waals surface area contributed by atoms with Gasteiger partial charge in [0.2, 0.25) is 0 Å². The molecule has 0 aromatic rings. The number of aliphatic hydroxyl groups is 1. The number of nitrogens with zero attached hydrogens (tertiary/aromatic N) is 2. The van der Waals surface area contributed by atoms with Crippen LogP contribution in [0.2, 0.25) is 0 Å². The summed E-state index contributed by atoms with van der Waals surface area (Å²) in [5.41, 5.74) is -1.18. The number of likely N-dealkylation sites (tertiary alicyclic amines) is 1. The molecule has 1 aliphatic heterocycles. The van der Waals surface area contributed by atoms with Gasteiger partial charge in [0.15, 0.2) is 0 Å². The van der Waals surface area contributed by atoms with Crippen LogP contribution in [0.1, 0.15) is 47.5 Å². The summed E-state index contributed by atoms with van der Waals surface area (Å²) < 4.78 is 5.25. The molecule has 0 unspecified atom stereocenters. The number of carbonyl (C=O) groups excluding carboxylic acids is 1. The maximum Gasteiger partial charge on any atom is 0.410 e. The molecule has 1 saturated heterocycles. The lowest BCUT2D eigenvalue weighted by molar-refractivity contribution is 0.00961. The fraction of sp³-hybridized carbons (Fsp3) is 0.857. The molecular weight excluding hydrogens is 244 g/mol. The Balaban J connectivity index is 0.00000154. The number of hydrogen-bond acceptors (Lipinski definition) is 4. The van der Waals surface area contributed by atoms with Crippen LogP contribution in [0.4, 0.5) is 4.79 Å². The summed E-state index contributed by atoms with van der Waals surface area (Å²) in [7, 11) is 0. The molecule has 19 heavy (non-hydrogen) atoms. The lowest BCUT2D eigenvalue weighted by Gasteiger charge is -2.36. The van der Waals surface area contributed by atoms with Crippen LogP contribution in [0.15, 0.2) is 0 Å². The maximum atomic E-state index is 11.8. The zero-order chi connectivity index (χ0) is 15.1. The lowest BCUT2D eigenvalue weighted by Crippen LogP contribution is -2.45. The molecule has 1 heterocycles. The third kappa shape index (κ3) is 5.48. The normalized spacial score (nSPS) is 17.8. The molecule has 0 aromatic heterocycles. The van der Waals surface area contributed by atoms with E-state index in [1.54, 1.807) is 4.90 Å². The highest BCUT2D eigenvalue weighted by atomic mass is 16.6. The average Bonchev–Trinajstić information content (AvgIpc) is 2.39. The van der Waals surface area contributed by atoms with Gasteiger partial charge in [0.25, 0.3) is 0 Å². The summed E-state index contributed by atoms with van der Waals surface area (Å²) >= 11 is 0. The van der Waals surface area contributed by atoms with Crippen LogP contribution in [-0.2, 0) is 4.74 Å². The number of carbonyl (C=O) groups is 1. The molecule has 5 heteroatoms. The van der Waals surface area contributed by atoms with E-state index in [2.05, 4.69) is 6.07 Å². The number of piperidine rings is 1. The van der Waals surface area contributed by atoms with Crippen LogP contribution in [0, 0.1) is 16.7 Å². The largest absolute Gasteiger partial charge is 0.444 e. The van der Waals surface area contributed by atoms with E-state index >= 15 is 0 Å². The molecule has 0 spiro atoms. The lowest BCUT2D eigenvalue weighted by atomic mass is 9.81. The number of rotatable bonds is 1. The quantitative estimate of drug-likeness (QED) is 0.794. The van der Waals surface area contributed by atoms with Gasteiger partial charge in [-0.25, -0.2) is 4.79 Å². The first kappa shape index (κ1) is 17.7. The number of hydrogen-bond donors (Lipinski definition) is 1. The van der Waals surface area contributed by atoms with Crippen LogP contribution in [0.3, 0.4) is 0 Å². The van der Waals surface area contributed by atoms with Crippen molar-refractivity contribution < 1.29 is 14.6 Å². The minimum absolute atomic E-state index is 0.147. The predicted octanol–water partition coefficient (Wildman–Crippen LogP) is 2.55. The van der Waals surface area contributed by atoms with Gasteiger partial charge >= 0.3 is 6.09 Å². The molecular formula is C14H26N2O3. The van der Waals surface area contributed by atoms with Crippen LogP contribution in [0.25, 0.3) is 0 Å². The maximum absolute atomic E-state index is 11.8. The Kier molecular flexibility index (Phi) is 6.85. The summed E-state index contributed by atoms with van der Waals surface area (Å²) in [6.07, 6.45) is 0.653. The van der Waals surface area contributed by atoms with Crippen LogP contribution >= 0.6 is 0 Å². The smallest absolute Gasteiger partial charge is 0.410 e. The van der Waals surface area contributed by atoms with Crippen LogP contribution < -0.4 is 0 Å². The highest BCUT2D eigenvalue weighted by molar-refractivity contribution is 5.68. The molecule has 1 amide bonds. The summed E-state index contributed by atoms with van der Waals surface area (Å²) in [5, 5.41) is 18.2.